The number of hydrogen-bond donors (Lipinski definition) is 0. The van der Waals surface area contributed by atoms with Crippen molar-refractivity contribution in [3.8, 4) is 0 Å². The molecule has 0 aliphatic carbocycles. The van der Waals surface area contributed by atoms with Gasteiger partial charge in [-0.1, -0.05) is 30.3 Å². The van der Waals surface area contributed by atoms with E-state index in [-0.39, 0.29) is 5.75 Å². The van der Waals surface area contributed by atoms with Gasteiger partial charge in [0.05, 0.1) is 11.3 Å². The molecular formula is C12H17NO2S. The summed E-state index contributed by atoms with van der Waals surface area (Å²) < 4.78 is 25.4. The molecule has 1 aromatic carbocycles. The van der Waals surface area contributed by atoms with Gasteiger partial charge in [-0.15, -0.1) is 0 Å². The van der Waals surface area contributed by atoms with Crippen LogP contribution in [0.25, 0.3) is 0 Å². The fraction of sp³-hybridized carbons (Fsp3) is 0.500. The summed E-state index contributed by atoms with van der Waals surface area (Å²) in [6.07, 6.45) is 0.735. The van der Waals surface area contributed by atoms with Crippen molar-refractivity contribution < 1.29 is 8.42 Å². The first kappa shape index (κ1) is 11.6. The Morgan fingerprint density at radius 2 is 1.81 bits per heavy atom. The number of benzene rings is 1. The second-order valence-electron chi connectivity index (χ2n) is 4.67. The van der Waals surface area contributed by atoms with Gasteiger partial charge in [0.25, 0.3) is 0 Å². The van der Waals surface area contributed by atoms with E-state index in [1.54, 1.807) is 4.31 Å². The number of hydrogen-bond acceptors (Lipinski definition) is 2. The van der Waals surface area contributed by atoms with E-state index < -0.39 is 15.6 Å². The first-order valence-electron chi connectivity index (χ1n) is 5.51. The van der Waals surface area contributed by atoms with Crippen LogP contribution in [0.2, 0.25) is 0 Å². The summed E-state index contributed by atoms with van der Waals surface area (Å²) in [5, 5.41) is 0. The molecule has 1 aliphatic rings. The molecule has 0 saturated carbocycles. The minimum Gasteiger partial charge on any atom is -0.212 e. The minimum absolute atomic E-state index is 0.281. The Bertz CT molecular complexity index is 465. The van der Waals surface area contributed by atoms with Crippen LogP contribution in [-0.4, -0.2) is 25.0 Å². The SMILES string of the molecule is CC(C)(c1ccccc1)N1CCCS1(=O)=O. The van der Waals surface area contributed by atoms with Crippen molar-refractivity contribution in [1.82, 2.24) is 4.31 Å². The van der Waals surface area contributed by atoms with Crippen molar-refractivity contribution in [2.45, 2.75) is 25.8 Å². The van der Waals surface area contributed by atoms with Crippen LogP contribution in [-0.2, 0) is 15.6 Å². The third-order valence-electron chi connectivity index (χ3n) is 3.20. The lowest BCUT2D eigenvalue weighted by molar-refractivity contribution is 0.246. The Hall–Kier alpha value is -0.870. The van der Waals surface area contributed by atoms with Crippen LogP contribution < -0.4 is 0 Å². The summed E-state index contributed by atoms with van der Waals surface area (Å²) in [4.78, 5) is 0. The van der Waals surface area contributed by atoms with E-state index >= 15 is 0 Å². The minimum atomic E-state index is -3.06. The summed E-state index contributed by atoms with van der Waals surface area (Å²) in [6.45, 7) is 4.56. The zero-order valence-corrected chi connectivity index (χ0v) is 10.5. The van der Waals surface area contributed by atoms with E-state index in [4.69, 9.17) is 0 Å². The van der Waals surface area contributed by atoms with Gasteiger partial charge in [-0.2, -0.15) is 4.31 Å². The molecule has 16 heavy (non-hydrogen) atoms. The Morgan fingerprint density at radius 1 is 1.19 bits per heavy atom. The quantitative estimate of drug-likeness (QED) is 0.791. The molecular weight excluding hydrogens is 222 g/mol. The van der Waals surface area contributed by atoms with Crippen LogP contribution in [0.3, 0.4) is 0 Å². The highest BCUT2D eigenvalue weighted by Crippen LogP contribution is 2.33. The molecule has 0 spiro atoms. The molecule has 1 aromatic rings. The van der Waals surface area contributed by atoms with Gasteiger partial charge < -0.3 is 0 Å². The van der Waals surface area contributed by atoms with Crippen molar-refractivity contribution in [3.63, 3.8) is 0 Å². The fourth-order valence-electron chi connectivity index (χ4n) is 2.26. The van der Waals surface area contributed by atoms with Crippen molar-refractivity contribution in [2.24, 2.45) is 0 Å². The number of sulfonamides is 1. The lowest BCUT2D eigenvalue weighted by Crippen LogP contribution is -2.42. The van der Waals surface area contributed by atoms with E-state index in [9.17, 15) is 8.42 Å². The second-order valence-corrected chi connectivity index (χ2v) is 6.68. The average Bonchev–Trinajstić information content (AvgIpc) is 2.60. The highest BCUT2D eigenvalue weighted by molar-refractivity contribution is 7.89. The molecule has 1 heterocycles. The maximum atomic E-state index is 11.9. The highest BCUT2D eigenvalue weighted by atomic mass is 32.2. The van der Waals surface area contributed by atoms with E-state index in [0.29, 0.717) is 6.54 Å². The topological polar surface area (TPSA) is 37.4 Å². The molecule has 0 radical (unpaired) electrons. The molecule has 4 heteroatoms. The number of rotatable bonds is 2. The third-order valence-corrected chi connectivity index (χ3v) is 5.32. The fourth-order valence-corrected chi connectivity index (χ4v) is 4.18. The van der Waals surface area contributed by atoms with Gasteiger partial charge in [-0.3, -0.25) is 0 Å². The first-order valence-corrected chi connectivity index (χ1v) is 7.11. The van der Waals surface area contributed by atoms with Gasteiger partial charge in [-0.25, -0.2) is 8.42 Å². The molecule has 0 aromatic heterocycles. The zero-order valence-electron chi connectivity index (χ0n) is 9.68. The molecule has 3 nitrogen and oxygen atoms in total. The number of nitrogens with zero attached hydrogens (tertiary/aromatic N) is 1. The van der Waals surface area contributed by atoms with Crippen molar-refractivity contribution >= 4 is 10.0 Å². The second kappa shape index (κ2) is 3.86. The lowest BCUT2D eigenvalue weighted by atomic mass is 9.94. The lowest BCUT2D eigenvalue weighted by Gasteiger charge is -2.34. The van der Waals surface area contributed by atoms with E-state index in [0.717, 1.165) is 12.0 Å². The molecule has 0 N–H and O–H groups in total. The Kier molecular flexibility index (Phi) is 2.80. The molecule has 1 fully saturated rings. The summed E-state index contributed by atoms with van der Waals surface area (Å²) >= 11 is 0. The molecule has 88 valence electrons. The van der Waals surface area contributed by atoms with Gasteiger partial charge in [0.15, 0.2) is 0 Å². The molecule has 0 unspecified atom stereocenters. The van der Waals surface area contributed by atoms with Crippen molar-refractivity contribution in [3.05, 3.63) is 35.9 Å². The predicted octanol–water partition coefficient (Wildman–Crippen LogP) is 1.96. The normalized spacial score (nSPS) is 21.1. The van der Waals surface area contributed by atoms with Crippen LogP contribution in [0.15, 0.2) is 30.3 Å². The molecule has 1 aliphatic heterocycles. The molecule has 0 atom stereocenters. The molecule has 2 rings (SSSR count). The largest absolute Gasteiger partial charge is 0.214 e. The third kappa shape index (κ3) is 1.87. The summed E-state index contributed by atoms with van der Waals surface area (Å²) in [5.74, 6) is 0.281. The van der Waals surface area contributed by atoms with Crippen molar-refractivity contribution in [1.29, 1.82) is 0 Å². The van der Waals surface area contributed by atoms with Gasteiger partial charge in [-0.05, 0) is 25.8 Å². The standard InChI is InChI=1S/C12H17NO2S/c1-12(2,11-7-4-3-5-8-11)13-9-6-10-16(13,14)15/h3-5,7-8H,6,9-10H2,1-2H3. The van der Waals surface area contributed by atoms with Gasteiger partial charge in [0, 0.05) is 6.54 Å². The van der Waals surface area contributed by atoms with E-state index in [1.165, 1.54) is 0 Å². The monoisotopic (exact) mass is 239 g/mol. The van der Waals surface area contributed by atoms with Crippen LogP contribution in [0.1, 0.15) is 25.8 Å². The highest BCUT2D eigenvalue weighted by Gasteiger charge is 2.40. The van der Waals surface area contributed by atoms with Crippen LogP contribution in [0.4, 0.5) is 0 Å². The van der Waals surface area contributed by atoms with Crippen LogP contribution >= 0.6 is 0 Å². The van der Waals surface area contributed by atoms with E-state index in [2.05, 4.69) is 0 Å². The maximum absolute atomic E-state index is 11.9. The summed E-state index contributed by atoms with van der Waals surface area (Å²) in [7, 11) is -3.06. The van der Waals surface area contributed by atoms with Crippen LogP contribution in [0.5, 0.6) is 0 Å². The predicted molar refractivity (Wildman–Crippen MR) is 64.6 cm³/mol. The maximum Gasteiger partial charge on any atom is 0.214 e. The Balaban J connectivity index is 2.40. The summed E-state index contributed by atoms with van der Waals surface area (Å²) in [6, 6.07) is 9.79. The van der Waals surface area contributed by atoms with E-state index in [1.807, 2.05) is 44.2 Å². The van der Waals surface area contributed by atoms with Gasteiger partial charge >= 0.3 is 0 Å². The molecule has 0 bridgehead atoms. The molecule has 0 amide bonds. The first-order chi connectivity index (χ1) is 7.44. The average molecular weight is 239 g/mol. The Morgan fingerprint density at radius 3 is 2.31 bits per heavy atom. The molecule has 1 saturated heterocycles. The van der Waals surface area contributed by atoms with Gasteiger partial charge in [0.2, 0.25) is 10.0 Å². The summed E-state index contributed by atoms with van der Waals surface area (Å²) in [5.41, 5.74) is 0.594. The van der Waals surface area contributed by atoms with Crippen molar-refractivity contribution in [2.75, 3.05) is 12.3 Å². The Labute approximate surface area is 97.1 Å². The zero-order chi connectivity index (χ0) is 11.8. The van der Waals surface area contributed by atoms with Crippen LogP contribution in [0, 0.1) is 0 Å². The smallest absolute Gasteiger partial charge is 0.212 e. The van der Waals surface area contributed by atoms with Gasteiger partial charge in [0.1, 0.15) is 0 Å².